The van der Waals surface area contributed by atoms with E-state index in [9.17, 15) is 4.39 Å². The predicted molar refractivity (Wildman–Crippen MR) is 69.2 cm³/mol. The quantitative estimate of drug-likeness (QED) is 0.860. The maximum atomic E-state index is 13.6. The van der Waals surface area contributed by atoms with Gasteiger partial charge in [0.05, 0.1) is 0 Å². The van der Waals surface area contributed by atoms with E-state index in [0.717, 1.165) is 11.9 Å². The summed E-state index contributed by atoms with van der Waals surface area (Å²) in [5.74, 6) is 0.287. The lowest BCUT2D eigenvalue weighted by atomic mass is 10.1. The Hall–Kier alpha value is -1.95. The van der Waals surface area contributed by atoms with Gasteiger partial charge in [-0.05, 0) is 13.0 Å². The van der Waals surface area contributed by atoms with Crippen LogP contribution in [0, 0.1) is 5.82 Å². The third kappa shape index (κ3) is 3.51. The van der Waals surface area contributed by atoms with E-state index in [4.69, 9.17) is 5.11 Å². The minimum absolute atomic E-state index is 0.0638. The largest absolute Gasteiger partial charge is 0.508 e. The van der Waals surface area contributed by atoms with Crippen LogP contribution in [-0.4, -0.2) is 26.4 Å². The van der Waals surface area contributed by atoms with E-state index in [-0.39, 0.29) is 11.8 Å². The van der Waals surface area contributed by atoms with Crippen molar-refractivity contribution in [1.82, 2.24) is 20.1 Å². The number of nitrogens with one attached hydrogen (secondary N) is 1. The second-order valence-electron chi connectivity index (χ2n) is 4.47. The number of aromatic hydroxyl groups is 1. The smallest absolute Gasteiger partial charge is 0.151 e. The Labute approximate surface area is 111 Å². The lowest BCUT2D eigenvalue weighted by Gasteiger charge is -2.14. The minimum atomic E-state index is -0.407. The van der Waals surface area contributed by atoms with Crippen LogP contribution in [0.4, 0.5) is 4.39 Å². The average Bonchev–Trinajstić information content (AvgIpc) is 2.75. The molecule has 0 aliphatic carbocycles. The first-order valence-corrected chi connectivity index (χ1v) is 6.12. The Balaban J connectivity index is 1.88. The molecule has 0 aliphatic rings. The fourth-order valence-electron chi connectivity index (χ4n) is 1.88. The molecular formula is C13H17FN4O. The summed E-state index contributed by atoms with van der Waals surface area (Å²) >= 11 is 0. The number of hydrogen-bond donors (Lipinski definition) is 2. The summed E-state index contributed by atoms with van der Waals surface area (Å²) in [7, 11) is 1.82. The van der Waals surface area contributed by atoms with Crippen molar-refractivity contribution >= 4 is 0 Å². The van der Waals surface area contributed by atoms with Gasteiger partial charge in [0.2, 0.25) is 0 Å². The van der Waals surface area contributed by atoms with Crippen LogP contribution in [0.25, 0.3) is 0 Å². The lowest BCUT2D eigenvalue weighted by molar-refractivity contribution is 0.463. The molecule has 1 atom stereocenters. The summed E-state index contributed by atoms with van der Waals surface area (Å²) in [6.07, 6.45) is 2.34. The van der Waals surface area contributed by atoms with Gasteiger partial charge in [0.25, 0.3) is 0 Å². The number of nitrogens with zero attached hydrogens (tertiary/aromatic N) is 3. The molecule has 102 valence electrons. The summed E-state index contributed by atoms with van der Waals surface area (Å²) in [6, 6.07) is 4.05. The van der Waals surface area contributed by atoms with Crippen LogP contribution in [0.3, 0.4) is 0 Å². The van der Waals surface area contributed by atoms with Crippen LogP contribution in [0.2, 0.25) is 0 Å². The molecule has 0 saturated heterocycles. The maximum absolute atomic E-state index is 13.6. The van der Waals surface area contributed by atoms with Crippen LogP contribution in [-0.2, 0) is 13.5 Å². The number of phenols is 1. The van der Waals surface area contributed by atoms with Crippen LogP contribution in [0.15, 0.2) is 24.5 Å². The van der Waals surface area contributed by atoms with Gasteiger partial charge >= 0.3 is 0 Å². The van der Waals surface area contributed by atoms with Gasteiger partial charge in [-0.2, -0.15) is 5.10 Å². The monoisotopic (exact) mass is 264 g/mol. The predicted octanol–water partition coefficient (Wildman–Crippen LogP) is 1.55. The van der Waals surface area contributed by atoms with Gasteiger partial charge < -0.3 is 10.4 Å². The average molecular weight is 264 g/mol. The van der Waals surface area contributed by atoms with Gasteiger partial charge in [0.15, 0.2) is 5.82 Å². The van der Waals surface area contributed by atoms with Crippen molar-refractivity contribution in [3.05, 3.63) is 41.7 Å². The van der Waals surface area contributed by atoms with Crippen LogP contribution >= 0.6 is 0 Å². The molecule has 0 bridgehead atoms. The molecule has 0 radical (unpaired) electrons. The Kier molecular flexibility index (Phi) is 4.11. The minimum Gasteiger partial charge on any atom is -0.508 e. The molecular weight excluding hydrogens is 247 g/mol. The van der Waals surface area contributed by atoms with Gasteiger partial charge in [-0.15, -0.1) is 0 Å². The maximum Gasteiger partial charge on any atom is 0.151 e. The zero-order valence-electron chi connectivity index (χ0n) is 11.0. The summed E-state index contributed by atoms with van der Waals surface area (Å²) < 4.78 is 15.3. The van der Waals surface area contributed by atoms with Gasteiger partial charge in [0.1, 0.15) is 17.9 Å². The molecule has 0 spiro atoms. The molecule has 2 aromatic rings. The number of halogens is 1. The molecule has 0 saturated carbocycles. The molecule has 6 heteroatoms. The SMILES string of the molecule is CC(NCCc1ncn(C)n1)c1ccc(O)cc1F. The number of hydrogen-bond acceptors (Lipinski definition) is 4. The normalized spacial score (nSPS) is 12.6. The third-order valence-corrected chi connectivity index (χ3v) is 2.90. The number of benzene rings is 1. The molecule has 1 heterocycles. The molecule has 0 amide bonds. The lowest BCUT2D eigenvalue weighted by Crippen LogP contribution is -2.22. The van der Waals surface area contributed by atoms with Gasteiger partial charge in [-0.3, -0.25) is 4.68 Å². The number of aryl methyl sites for hydroxylation is 1. The van der Waals surface area contributed by atoms with E-state index in [2.05, 4.69) is 15.4 Å². The van der Waals surface area contributed by atoms with E-state index in [1.54, 1.807) is 17.1 Å². The fourth-order valence-corrected chi connectivity index (χ4v) is 1.88. The van der Waals surface area contributed by atoms with Crippen LogP contribution in [0.5, 0.6) is 5.75 Å². The highest BCUT2D eigenvalue weighted by atomic mass is 19.1. The number of phenolic OH excluding ortho intramolecular Hbond substituents is 1. The highest BCUT2D eigenvalue weighted by Gasteiger charge is 2.11. The number of aromatic nitrogens is 3. The standard InChI is InChI=1S/C13H17FN4O/c1-9(11-4-3-10(19)7-12(11)14)15-6-5-13-16-8-18(2)17-13/h3-4,7-9,15,19H,5-6H2,1-2H3. The summed E-state index contributed by atoms with van der Waals surface area (Å²) in [4.78, 5) is 4.12. The Bertz CT molecular complexity index is 555. The topological polar surface area (TPSA) is 63.0 Å². The molecule has 1 unspecified atom stereocenters. The second-order valence-corrected chi connectivity index (χ2v) is 4.47. The summed E-state index contributed by atoms with van der Waals surface area (Å²) in [6.45, 7) is 2.53. The Morgan fingerprint density at radius 2 is 2.26 bits per heavy atom. The van der Waals surface area contributed by atoms with E-state index in [1.807, 2.05) is 14.0 Å². The van der Waals surface area contributed by atoms with Gasteiger partial charge in [0, 0.05) is 37.7 Å². The third-order valence-electron chi connectivity index (χ3n) is 2.90. The number of rotatable bonds is 5. The van der Waals surface area contributed by atoms with E-state index < -0.39 is 5.82 Å². The van der Waals surface area contributed by atoms with E-state index in [0.29, 0.717) is 18.5 Å². The van der Waals surface area contributed by atoms with Gasteiger partial charge in [-0.25, -0.2) is 9.37 Å². The van der Waals surface area contributed by atoms with Crippen molar-refractivity contribution in [1.29, 1.82) is 0 Å². The first kappa shape index (κ1) is 13.5. The highest BCUT2D eigenvalue weighted by molar-refractivity contribution is 5.29. The first-order chi connectivity index (χ1) is 9.06. The Morgan fingerprint density at radius 1 is 1.47 bits per heavy atom. The van der Waals surface area contributed by atoms with Gasteiger partial charge in [-0.1, -0.05) is 6.07 Å². The molecule has 1 aromatic heterocycles. The zero-order valence-corrected chi connectivity index (χ0v) is 11.0. The van der Waals surface area contributed by atoms with Crippen molar-refractivity contribution < 1.29 is 9.50 Å². The van der Waals surface area contributed by atoms with Crippen LogP contribution in [0.1, 0.15) is 24.4 Å². The van der Waals surface area contributed by atoms with Crippen molar-refractivity contribution in [2.45, 2.75) is 19.4 Å². The summed E-state index contributed by atoms with van der Waals surface area (Å²) in [5, 5.41) is 16.5. The van der Waals surface area contributed by atoms with E-state index in [1.165, 1.54) is 6.07 Å². The molecule has 5 nitrogen and oxygen atoms in total. The van der Waals surface area contributed by atoms with E-state index >= 15 is 0 Å². The molecule has 19 heavy (non-hydrogen) atoms. The van der Waals surface area contributed by atoms with Crippen molar-refractivity contribution in [3.8, 4) is 5.75 Å². The van der Waals surface area contributed by atoms with Crippen molar-refractivity contribution in [2.24, 2.45) is 7.05 Å². The van der Waals surface area contributed by atoms with Crippen molar-refractivity contribution in [2.75, 3.05) is 6.54 Å². The first-order valence-electron chi connectivity index (χ1n) is 6.12. The fraction of sp³-hybridized carbons (Fsp3) is 0.385. The van der Waals surface area contributed by atoms with Crippen LogP contribution < -0.4 is 5.32 Å². The molecule has 0 aliphatic heterocycles. The summed E-state index contributed by atoms with van der Waals surface area (Å²) in [5.41, 5.74) is 0.534. The molecule has 0 fully saturated rings. The second kappa shape index (κ2) is 5.79. The zero-order chi connectivity index (χ0) is 13.8. The molecule has 1 aromatic carbocycles. The van der Waals surface area contributed by atoms with Crippen molar-refractivity contribution in [3.63, 3.8) is 0 Å². The molecule has 2 N–H and O–H groups in total. The Morgan fingerprint density at radius 3 is 2.89 bits per heavy atom. The molecule has 2 rings (SSSR count). The highest BCUT2D eigenvalue weighted by Crippen LogP contribution is 2.20.